The molecule has 2 N–H and O–H groups in total. The predicted octanol–water partition coefficient (Wildman–Crippen LogP) is 3.12. The smallest absolute Gasteiger partial charge is 0.262 e. The standard InChI is InChI=1S/C12H8ClF2NO3S/c13-9-5-11(12(17)6-10(9)15)16-20(18,19)8-3-1-2-7(14)4-8/h1-6,16-17H. The summed E-state index contributed by atoms with van der Waals surface area (Å²) < 4.78 is 52.0. The molecule has 0 aliphatic carbocycles. The van der Waals surface area contributed by atoms with E-state index in [1.165, 1.54) is 12.1 Å². The van der Waals surface area contributed by atoms with Crippen LogP contribution in [0.2, 0.25) is 5.02 Å². The maximum Gasteiger partial charge on any atom is 0.262 e. The van der Waals surface area contributed by atoms with Crippen molar-refractivity contribution in [2.45, 2.75) is 4.90 Å². The van der Waals surface area contributed by atoms with Crippen LogP contribution in [0.3, 0.4) is 0 Å². The van der Waals surface area contributed by atoms with Gasteiger partial charge in [0, 0.05) is 6.07 Å². The fourth-order valence-electron chi connectivity index (χ4n) is 1.46. The lowest BCUT2D eigenvalue weighted by Gasteiger charge is -2.10. The molecule has 0 unspecified atom stereocenters. The van der Waals surface area contributed by atoms with Crippen LogP contribution in [0.4, 0.5) is 14.5 Å². The summed E-state index contributed by atoms with van der Waals surface area (Å²) in [6, 6.07) is 5.89. The number of rotatable bonds is 3. The van der Waals surface area contributed by atoms with Crippen molar-refractivity contribution < 1.29 is 22.3 Å². The van der Waals surface area contributed by atoms with Crippen molar-refractivity contribution in [1.82, 2.24) is 0 Å². The van der Waals surface area contributed by atoms with Crippen molar-refractivity contribution in [1.29, 1.82) is 0 Å². The van der Waals surface area contributed by atoms with Gasteiger partial charge in [0.05, 0.1) is 15.6 Å². The van der Waals surface area contributed by atoms with E-state index < -0.39 is 27.4 Å². The summed E-state index contributed by atoms with van der Waals surface area (Å²) in [6.07, 6.45) is 0. The van der Waals surface area contributed by atoms with Crippen LogP contribution in [0.1, 0.15) is 0 Å². The molecule has 106 valence electrons. The molecule has 0 radical (unpaired) electrons. The van der Waals surface area contributed by atoms with Gasteiger partial charge in [-0.15, -0.1) is 0 Å². The fraction of sp³-hybridized carbons (Fsp3) is 0. The first-order valence-electron chi connectivity index (χ1n) is 5.26. The second-order valence-electron chi connectivity index (χ2n) is 3.85. The maximum absolute atomic E-state index is 13.0. The second kappa shape index (κ2) is 5.26. The number of sulfonamides is 1. The van der Waals surface area contributed by atoms with Crippen LogP contribution in [0.15, 0.2) is 41.3 Å². The van der Waals surface area contributed by atoms with Gasteiger partial charge >= 0.3 is 0 Å². The predicted molar refractivity (Wildman–Crippen MR) is 70.3 cm³/mol. The van der Waals surface area contributed by atoms with Crippen molar-refractivity contribution in [2.75, 3.05) is 4.72 Å². The minimum atomic E-state index is -4.12. The van der Waals surface area contributed by atoms with Gasteiger partial charge in [-0.05, 0) is 24.3 Å². The molecule has 0 aliphatic heterocycles. The van der Waals surface area contributed by atoms with Crippen LogP contribution < -0.4 is 4.72 Å². The molecule has 2 aromatic rings. The van der Waals surface area contributed by atoms with Crippen LogP contribution in [0, 0.1) is 11.6 Å². The molecular formula is C12H8ClF2NO3S. The third kappa shape index (κ3) is 3.00. The van der Waals surface area contributed by atoms with E-state index in [9.17, 15) is 22.3 Å². The van der Waals surface area contributed by atoms with Gasteiger partial charge in [-0.2, -0.15) is 0 Å². The number of hydrogen-bond donors (Lipinski definition) is 2. The zero-order valence-corrected chi connectivity index (χ0v) is 11.3. The number of anilines is 1. The highest BCUT2D eigenvalue weighted by molar-refractivity contribution is 7.92. The number of phenols is 1. The molecule has 0 fully saturated rings. The Morgan fingerprint density at radius 2 is 1.85 bits per heavy atom. The molecule has 0 amide bonds. The largest absolute Gasteiger partial charge is 0.506 e. The van der Waals surface area contributed by atoms with Crippen molar-refractivity contribution in [3.8, 4) is 5.75 Å². The van der Waals surface area contributed by atoms with Crippen LogP contribution in [0.25, 0.3) is 0 Å². The number of halogens is 3. The molecule has 2 aromatic carbocycles. The average Bonchev–Trinajstić information content (AvgIpc) is 2.36. The summed E-state index contributed by atoms with van der Waals surface area (Å²) in [7, 11) is -4.12. The third-order valence-electron chi connectivity index (χ3n) is 2.39. The SMILES string of the molecule is O=S(=O)(Nc1cc(Cl)c(F)cc1O)c1cccc(F)c1. The first-order valence-corrected chi connectivity index (χ1v) is 7.12. The van der Waals surface area contributed by atoms with Crippen molar-refractivity contribution in [3.05, 3.63) is 53.1 Å². The van der Waals surface area contributed by atoms with Gasteiger partial charge in [0.1, 0.15) is 17.4 Å². The lowest BCUT2D eigenvalue weighted by Crippen LogP contribution is -2.13. The summed E-state index contributed by atoms with van der Waals surface area (Å²) in [5.74, 6) is -2.25. The van der Waals surface area contributed by atoms with Crippen LogP contribution in [-0.2, 0) is 10.0 Å². The Balaban J connectivity index is 2.41. The highest BCUT2D eigenvalue weighted by Gasteiger charge is 2.18. The Kier molecular flexibility index (Phi) is 3.82. The monoisotopic (exact) mass is 319 g/mol. The lowest BCUT2D eigenvalue weighted by molar-refractivity contribution is 0.471. The maximum atomic E-state index is 13.0. The Morgan fingerprint density at radius 3 is 2.50 bits per heavy atom. The van der Waals surface area contributed by atoms with E-state index in [1.54, 1.807) is 0 Å². The number of hydrogen-bond acceptors (Lipinski definition) is 3. The van der Waals surface area contributed by atoms with E-state index in [0.717, 1.165) is 18.2 Å². The van der Waals surface area contributed by atoms with Crippen LogP contribution in [0.5, 0.6) is 5.75 Å². The molecule has 4 nitrogen and oxygen atoms in total. The highest BCUT2D eigenvalue weighted by atomic mass is 35.5. The summed E-state index contributed by atoms with van der Waals surface area (Å²) >= 11 is 5.50. The Labute approximate surface area is 118 Å². The first kappa shape index (κ1) is 14.5. The topological polar surface area (TPSA) is 66.4 Å². The number of benzene rings is 2. The van der Waals surface area contributed by atoms with Gasteiger partial charge in [0.25, 0.3) is 10.0 Å². The summed E-state index contributed by atoms with van der Waals surface area (Å²) in [5, 5.41) is 9.12. The summed E-state index contributed by atoms with van der Waals surface area (Å²) in [4.78, 5) is -0.336. The zero-order valence-electron chi connectivity index (χ0n) is 9.77. The van der Waals surface area contributed by atoms with Gasteiger partial charge in [0.2, 0.25) is 0 Å². The molecule has 20 heavy (non-hydrogen) atoms. The van der Waals surface area contributed by atoms with Crippen molar-refractivity contribution in [3.63, 3.8) is 0 Å². The van der Waals surface area contributed by atoms with E-state index in [2.05, 4.69) is 0 Å². The zero-order chi connectivity index (χ0) is 14.9. The van der Waals surface area contributed by atoms with E-state index in [0.29, 0.717) is 6.07 Å². The van der Waals surface area contributed by atoms with E-state index >= 15 is 0 Å². The van der Waals surface area contributed by atoms with E-state index in [4.69, 9.17) is 11.6 Å². The number of nitrogens with one attached hydrogen (secondary N) is 1. The molecule has 0 aliphatic rings. The van der Waals surface area contributed by atoms with E-state index in [1.807, 2.05) is 4.72 Å². The molecule has 0 atom stereocenters. The van der Waals surface area contributed by atoms with Crippen LogP contribution in [-0.4, -0.2) is 13.5 Å². The molecule has 2 rings (SSSR count). The van der Waals surface area contributed by atoms with E-state index in [-0.39, 0.29) is 15.6 Å². The number of aromatic hydroxyl groups is 1. The van der Waals surface area contributed by atoms with Crippen molar-refractivity contribution >= 4 is 27.3 Å². The van der Waals surface area contributed by atoms with Gasteiger partial charge in [-0.1, -0.05) is 17.7 Å². The molecular weight excluding hydrogens is 312 g/mol. The molecule has 0 spiro atoms. The van der Waals surface area contributed by atoms with Crippen molar-refractivity contribution in [2.24, 2.45) is 0 Å². The lowest BCUT2D eigenvalue weighted by atomic mass is 10.3. The fourth-order valence-corrected chi connectivity index (χ4v) is 2.72. The Hall–Kier alpha value is -1.86. The Morgan fingerprint density at radius 1 is 1.15 bits per heavy atom. The molecule has 0 saturated carbocycles. The summed E-state index contributed by atoms with van der Waals surface area (Å²) in [5.41, 5.74) is -0.305. The molecule has 0 bridgehead atoms. The first-order chi connectivity index (χ1) is 9.29. The van der Waals surface area contributed by atoms with Gasteiger partial charge in [-0.3, -0.25) is 4.72 Å². The van der Waals surface area contributed by atoms with Gasteiger partial charge < -0.3 is 5.11 Å². The Bertz CT molecular complexity index is 765. The third-order valence-corrected chi connectivity index (χ3v) is 4.04. The average molecular weight is 320 g/mol. The molecule has 0 heterocycles. The van der Waals surface area contributed by atoms with Crippen LogP contribution >= 0.6 is 11.6 Å². The number of phenolic OH excluding ortho intramolecular Hbond substituents is 1. The molecule has 0 aromatic heterocycles. The second-order valence-corrected chi connectivity index (χ2v) is 5.94. The quantitative estimate of drug-likeness (QED) is 0.854. The molecule has 0 saturated heterocycles. The summed E-state index contributed by atoms with van der Waals surface area (Å²) in [6.45, 7) is 0. The minimum Gasteiger partial charge on any atom is -0.506 e. The highest BCUT2D eigenvalue weighted by Crippen LogP contribution is 2.31. The van der Waals surface area contributed by atoms with Gasteiger partial charge in [-0.25, -0.2) is 17.2 Å². The van der Waals surface area contributed by atoms with Gasteiger partial charge in [0.15, 0.2) is 0 Å². The normalized spacial score (nSPS) is 11.3. The minimum absolute atomic E-state index is 0.305. The molecule has 8 heteroatoms.